The van der Waals surface area contributed by atoms with Crippen LogP contribution in [0, 0.1) is 0 Å². The molecule has 2 aromatic rings. The normalized spacial score (nSPS) is 15.8. The second-order valence-electron chi connectivity index (χ2n) is 5.38. The first-order valence-corrected chi connectivity index (χ1v) is 8.14. The van der Waals surface area contributed by atoms with Crippen molar-refractivity contribution in [3.05, 3.63) is 45.1 Å². The van der Waals surface area contributed by atoms with Crippen molar-refractivity contribution in [2.75, 3.05) is 18.0 Å². The molecule has 0 atom stereocenters. The molecule has 0 aliphatic carbocycles. The van der Waals surface area contributed by atoms with E-state index in [0.717, 1.165) is 30.8 Å². The van der Waals surface area contributed by atoms with E-state index in [1.54, 1.807) is 19.4 Å². The molecule has 1 aliphatic heterocycles. The fourth-order valence-corrected chi connectivity index (χ4v) is 3.23. The quantitative estimate of drug-likeness (QED) is 0.924. The monoisotopic (exact) mass is 318 g/mol. The molecule has 0 saturated carbocycles. The van der Waals surface area contributed by atoms with E-state index in [-0.39, 0.29) is 17.5 Å². The van der Waals surface area contributed by atoms with Gasteiger partial charge in [0.2, 0.25) is 0 Å². The minimum Gasteiger partial charge on any atom is -0.352 e. The first-order valence-electron chi connectivity index (χ1n) is 7.26. The van der Waals surface area contributed by atoms with Gasteiger partial charge in [0.05, 0.1) is 4.88 Å². The second kappa shape index (κ2) is 6.31. The van der Waals surface area contributed by atoms with Gasteiger partial charge in [0.1, 0.15) is 0 Å². The molecule has 1 fully saturated rings. The number of carbonyl (C=O) groups is 1. The van der Waals surface area contributed by atoms with Gasteiger partial charge in [-0.15, -0.1) is 11.3 Å². The van der Waals surface area contributed by atoms with Crippen LogP contribution in [0.5, 0.6) is 0 Å². The van der Waals surface area contributed by atoms with Crippen LogP contribution < -0.4 is 15.8 Å². The number of hydrogen-bond donors (Lipinski definition) is 1. The maximum Gasteiger partial charge on any atom is 0.293 e. The van der Waals surface area contributed by atoms with Gasteiger partial charge in [-0.1, -0.05) is 6.07 Å². The van der Waals surface area contributed by atoms with Crippen LogP contribution in [0.15, 0.2) is 34.7 Å². The molecule has 0 spiro atoms. The first-order chi connectivity index (χ1) is 10.6. The van der Waals surface area contributed by atoms with Crippen molar-refractivity contribution in [3.63, 3.8) is 0 Å². The lowest BCUT2D eigenvalue weighted by atomic mass is 10.0. The molecule has 1 amide bonds. The van der Waals surface area contributed by atoms with Crippen molar-refractivity contribution in [2.24, 2.45) is 7.05 Å². The number of amides is 1. The van der Waals surface area contributed by atoms with Crippen LogP contribution in [0.3, 0.4) is 0 Å². The third-order valence-electron chi connectivity index (χ3n) is 3.87. The summed E-state index contributed by atoms with van der Waals surface area (Å²) < 4.78 is 1.53. The number of aromatic nitrogens is 2. The molecule has 6 nitrogen and oxygen atoms in total. The molecule has 1 N–H and O–H groups in total. The van der Waals surface area contributed by atoms with E-state index in [0.29, 0.717) is 5.82 Å². The van der Waals surface area contributed by atoms with Gasteiger partial charge in [0, 0.05) is 38.6 Å². The standard InChI is InChI=1S/C15H18N4O2S/c1-18-9-6-16-13(15(18)21)19-7-4-11(5-8-19)17-14(20)12-3-2-10-22-12/h2-3,6,9-11H,4-5,7-8H2,1H3,(H,17,20). The number of rotatable bonds is 3. The van der Waals surface area contributed by atoms with Crippen molar-refractivity contribution in [1.29, 1.82) is 0 Å². The Balaban J connectivity index is 1.60. The molecule has 0 radical (unpaired) electrons. The van der Waals surface area contributed by atoms with Gasteiger partial charge in [-0.3, -0.25) is 9.59 Å². The van der Waals surface area contributed by atoms with Crippen LogP contribution >= 0.6 is 11.3 Å². The third kappa shape index (κ3) is 3.04. The Morgan fingerprint density at radius 2 is 2.18 bits per heavy atom. The number of nitrogens with one attached hydrogen (secondary N) is 1. The first kappa shape index (κ1) is 14.8. The molecule has 1 aliphatic rings. The molecule has 116 valence electrons. The number of nitrogens with zero attached hydrogens (tertiary/aromatic N) is 3. The summed E-state index contributed by atoms with van der Waals surface area (Å²) in [5, 5.41) is 4.96. The van der Waals surface area contributed by atoms with Gasteiger partial charge in [-0.2, -0.15) is 0 Å². The smallest absolute Gasteiger partial charge is 0.293 e. The molecular formula is C15H18N4O2S. The molecule has 0 aromatic carbocycles. The zero-order valence-electron chi connectivity index (χ0n) is 12.4. The summed E-state index contributed by atoms with van der Waals surface area (Å²) in [5.41, 5.74) is -0.0800. The minimum atomic E-state index is -0.0800. The Kier molecular flexibility index (Phi) is 4.24. The summed E-state index contributed by atoms with van der Waals surface area (Å²) in [6.45, 7) is 1.45. The third-order valence-corrected chi connectivity index (χ3v) is 4.74. The van der Waals surface area contributed by atoms with Crippen molar-refractivity contribution in [2.45, 2.75) is 18.9 Å². The molecule has 0 unspecified atom stereocenters. The highest BCUT2D eigenvalue weighted by atomic mass is 32.1. The van der Waals surface area contributed by atoms with Crippen molar-refractivity contribution in [1.82, 2.24) is 14.9 Å². The predicted octanol–water partition coefficient (Wildman–Crippen LogP) is 1.24. The zero-order valence-corrected chi connectivity index (χ0v) is 13.2. The molecule has 7 heteroatoms. The van der Waals surface area contributed by atoms with Gasteiger partial charge >= 0.3 is 0 Å². The number of anilines is 1. The Hall–Kier alpha value is -2.15. The highest BCUT2D eigenvalue weighted by Gasteiger charge is 2.23. The summed E-state index contributed by atoms with van der Waals surface area (Å²) in [7, 11) is 1.72. The van der Waals surface area contributed by atoms with Crippen molar-refractivity contribution in [3.8, 4) is 0 Å². The molecule has 3 rings (SSSR count). The number of hydrogen-bond acceptors (Lipinski definition) is 5. The van der Waals surface area contributed by atoms with E-state index < -0.39 is 0 Å². The van der Waals surface area contributed by atoms with Gasteiger partial charge in [-0.05, 0) is 24.3 Å². The van der Waals surface area contributed by atoms with E-state index in [9.17, 15) is 9.59 Å². The number of carbonyl (C=O) groups excluding carboxylic acids is 1. The second-order valence-corrected chi connectivity index (χ2v) is 6.33. The van der Waals surface area contributed by atoms with E-state index in [1.807, 2.05) is 22.4 Å². The van der Waals surface area contributed by atoms with Crippen molar-refractivity contribution >= 4 is 23.1 Å². The van der Waals surface area contributed by atoms with E-state index >= 15 is 0 Å². The molecule has 0 bridgehead atoms. The topological polar surface area (TPSA) is 67.2 Å². The summed E-state index contributed by atoms with van der Waals surface area (Å²) in [6, 6.07) is 3.85. The Labute approximate surface area is 132 Å². The summed E-state index contributed by atoms with van der Waals surface area (Å²) in [6.07, 6.45) is 4.93. The fraction of sp³-hybridized carbons (Fsp3) is 0.400. The summed E-state index contributed by atoms with van der Waals surface area (Å²) >= 11 is 1.44. The van der Waals surface area contributed by atoms with Gasteiger partial charge < -0.3 is 14.8 Å². The average Bonchev–Trinajstić information content (AvgIpc) is 3.05. The van der Waals surface area contributed by atoms with Gasteiger partial charge in [0.25, 0.3) is 11.5 Å². The largest absolute Gasteiger partial charge is 0.352 e. The highest BCUT2D eigenvalue weighted by Crippen LogP contribution is 2.16. The van der Waals surface area contributed by atoms with Crippen LogP contribution in [0.2, 0.25) is 0 Å². The van der Waals surface area contributed by atoms with Crippen LogP contribution in [0.1, 0.15) is 22.5 Å². The Morgan fingerprint density at radius 3 is 2.86 bits per heavy atom. The van der Waals surface area contributed by atoms with Crippen LogP contribution in [-0.2, 0) is 7.05 Å². The SMILES string of the molecule is Cn1ccnc(N2CCC(NC(=O)c3cccs3)CC2)c1=O. The molecule has 2 aromatic heterocycles. The lowest BCUT2D eigenvalue weighted by Crippen LogP contribution is -2.46. The summed E-state index contributed by atoms with van der Waals surface area (Å²) in [4.78, 5) is 31.0. The maximum atomic E-state index is 12.1. The molecule has 22 heavy (non-hydrogen) atoms. The lowest BCUT2D eigenvalue weighted by Gasteiger charge is -2.32. The highest BCUT2D eigenvalue weighted by molar-refractivity contribution is 7.12. The van der Waals surface area contributed by atoms with E-state index in [4.69, 9.17) is 0 Å². The average molecular weight is 318 g/mol. The van der Waals surface area contributed by atoms with Crippen molar-refractivity contribution < 1.29 is 4.79 Å². The Bertz CT molecular complexity index is 703. The zero-order chi connectivity index (χ0) is 15.5. The van der Waals surface area contributed by atoms with Gasteiger partial charge in [-0.25, -0.2) is 4.98 Å². The fourth-order valence-electron chi connectivity index (χ4n) is 2.60. The molecule has 3 heterocycles. The van der Waals surface area contributed by atoms with Crippen LogP contribution in [-0.4, -0.2) is 34.6 Å². The molecule has 1 saturated heterocycles. The Morgan fingerprint density at radius 1 is 1.41 bits per heavy atom. The minimum absolute atomic E-state index is 0.0119. The summed E-state index contributed by atoms with van der Waals surface area (Å²) in [5.74, 6) is 0.482. The van der Waals surface area contributed by atoms with Gasteiger partial charge in [0.15, 0.2) is 5.82 Å². The predicted molar refractivity (Wildman–Crippen MR) is 86.5 cm³/mol. The van der Waals surface area contributed by atoms with E-state index in [1.165, 1.54) is 15.9 Å². The number of piperidine rings is 1. The molecular weight excluding hydrogens is 300 g/mol. The van der Waals surface area contributed by atoms with Crippen LogP contribution in [0.4, 0.5) is 5.82 Å². The van der Waals surface area contributed by atoms with Crippen LogP contribution in [0.25, 0.3) is 0 Å². The number of aryl methyl sites for hydroxylation is 1. The lowest BCUT2D eigenvalue weighted by molar-refractivity contribution is 0.0935. The number of thiophene rings is 1. The van der Waals surface area contributed by atoms with E-state index in [2.05, 4.69) is 10.3 Å². The maximum absolute atomic E-state index is 12.1.